The molecule has 0 radical (unpaired) electrons. The van der Waals surface area contributed by atoms with Crippen LogP contribution in [-0.2, 0) is 9.53 Å². The van der Waals surface area contributed by atoms with Crippen molar-refractivity contribution >= 4 is 17.8 Å². The van der Waals surface area contributed by atoms with E-state index in [2.05, 4.69) is 9.97 Å². The summed E-state index contributed by atoms with van der Waals surface area (Å²) in [5.41, 5.74) is 7.05. The van der Waals surface area contributed by atoms with Crippen LogP contribution in [0.3, 0.4) is 0 Å². The number of nitrogens with zero attached hydrogens (tertiary/aromatic N) is 3. The van der Waals surface area contributed by atoms with E-state index in [1.54, 1.807) is 24.7 Å². The molecule has 2 aromatic rings. The zero-order chi connectivity index (χ0) is 16.2. The third-order valence-corrected chi connectivity index (χ3v) is 3.62. The van der Waals surface area contributed by atoms with Gasteiger partial charge in [0.1, 0.15) is 11.9 Å². The largest absolute Gasteiger partial charge is 0.444 e. The average molecular weight is 312 g/mol. The summed E-state index contributed by atoms with van der Waals surface area (Å²) in [4.78, 5) is 32.5. The quantitative estimate of drug-likeness (QED) is 0.906. The number of pyridine rings is 2. The SMILES string of the molecule is NC(=O)CCC1CN(c2ccc(-c3ccncc3)cn2)C(=O)O1. The van der Waals surface area contributed by atoms with Crippen molar-refractivity contribution in [3.63, 3.8) is 0 Å². The van der Waals surface area contributed by atoms with Crippen LogP contribution in [0.4, 0.5) is 10.6 Å². The van der Waals surface area contributed by atoms with Crippen molar-refractivity contribution in [3.05, 3.63) is 42.9 Å². The molecule has 3 heterocycles. The monoisotopic (exact) mass is 312 g/mol. The Morgan fingerprint density at radius 1 is 1.26 bits per heavy atom. The van der Waals surface area contributed by atoms with Crippen molar-refractivity contribution in [2.24, 2.45) is 5.73 Å². The molecule has 0 aliphatic carbocycles. The maximum Gasteiger partial charge on any atom is 0.415 e. The molecule has 2 amide bonds. The maximum atomic E-state index is 11.9. The Kier molecular flexibility index (Phi) is 4.18. The van der Waals surface area contributed by atoms with Crippen molar-refractivity contribution < 1.29 is 14.3 Å². The van der Waals surface area contributed by atoms with E-state index in [0.717, 1.165) is 11.1 Å². The first-order chi connectivity index (χ1) is 11.1. The fourth-order valence-electron chi connectivity index (χ4n) is 2.42. The third kappa shape index (κ3) is 3.45. The summed E-state index contributed by atoms with van der Waals surface area (Å²) in [6.45, 7) is 0.369. The van der Waals surface area contributed by atoms with Gasteiger partial charge >= 0.3 is 6.09 Å². The van der Waals surface area contributed by atoms with Crippen molar-refractivity contribution in [1.82, 2.24) is 9.97 Å². The highest BCUT2D eigenvalue weighted by atomic mass is 16.6. The number of rotatable bonds is 5. The molecule has 23 heavy (non-hydrogen) atoms. The van der Waals surface area contributed by atoms with E-state index in [1.807, 2.05) is 18.2 Å². The van der Waals surface area contributed by atoms with Crippen LogP contribution in [0.5, 0.6) is 0 Å². The van der Waals surface area contributed by atoms with Gasteiger partial charge in [0.2, 0.25) is 5.91 Å². The average Bonchev–Trinajstić information content (AvgIpc) is 2.95. The van der Waals surface area contributed by atoms with Gasteiger partial charge in [-0.2, -0.15) is 0 Å². The van der Waals surface area contributed by atoms with Gasteiger partial charge in [-0.25, -0.2) is 9.78 Å². The second-order valence-corrected chi connectivity index (χ2v) is 5.26. The van der Waals surface area contributed by atoms with Gasteiger partial charge in [-0.15, -0.1) is 0 Å². The van der Waals surface area contributed by atoms with Gasteiger partial charge in [0.25, 0.3) is 0 Å². The van der Waals surface area contributed by atoms with Crippen LogP contribution in [0.2, 0.25) is 0 Å². The summed E-state index contributed by atoms with van der Waals surface area (Å²) in [5, 5.41) is 0. The van der Waals surface area contributed by atoms with Gasteiger partial charge in [-0.1, -0.05) is 0 Å². The standard InChI is InChI=1S/C16H16N4O3/c17-14(21)3-2-13-10-20(16(22)23-13)15-4-1-12(9-19-15)11-5-7-18-8-6-11/h1,4-9,13H,2-3,10H2,(H2,17,21). The van der Waals surface area contributed by atoms with E-state index in [-0.39, 0.29) is 12.5 Å². The van der Waals surface area contributed by atoms with Gasteiger partial charge < -0.3 is 10.5 Å². The van der Waals surface area contributed by atoms with Crippen LogP contribution in [0, 0.1) is 0 Å². The fourth-order valence-corrected chi connectivity index (χ4v) is 2.42. The molecular formula is C16H16N4O3. The first-order valence-electron chi connectivity index (χ1n) is 7.26. The Balaban J connectivity index is 1.70. The van der Waals surface area contributed by atoms with Crippen LogP contribution < -0.4 is 10.6 Å². The van der Waals surface area contributed by atoms with Crippen LogP contribution in [0.1, 0.15) is 12.8 Å². The zero-order valence-electron chi connectivity index (χ0n) is 12.4. The lowest BCUT2D eigenvalue weighted by atomic mass is 10.1. The molecule has 0 aromatic carbocycles. The number of aromatic nitrogens is 2. The maximum absolute atomic E-state index is 11.9. The number of anilines is 1. The Labute approximate surface area is 133 Å². The lowest BCUT2D eigenvalue weighted by Gasteiger charge is -2.12. The highest BCUT2D eigenvalue weighted by Gasteiger charge is 2.33. The highest BCUT2D eigenvalue weighted by Crippen LogP contribution is 2.24. The normalized spacial score (nSPS) is 17.1. The molecule has 2 aromatic heterocycles. The lowest BCUT2D eigenvalue weighted by Crippen LogP contribution is -2.25. The predicted octanol–water partition coefficient (Wildman–Crippen LogP) is 1.73. The lowest BCUT2D eigenvalue weighted by molar-refractivity contribution is -0.118. The molecule has 1 aliphatic heterocycles. The predicted molar refractivity (Wildman–Crippen MR) is 83.5 cm³/mol. The topological polar surface area (TPSA) is 98.4 Å². The molecule has 1 atom stereocenters. The summed E-state index contributed by atoms with van der Waals surface area (Å²) < 4.78 is 5.22. The van der Waals surface area contributed by atoms with E-state index in [0.29, 0.717) is 18.8 Å². The smallest absolute Gasteiger partial charge is 0.415 e. The molecule has 0 bridgehead atoms. The number of ether oxygens (including phenoxy) is 1. The molecule has 118 valence electrons. The summed E-state index contributed by atoms with van der Waals surface area (Å²) in [7, 11) is 0. The van der Waals surface area contributed by atoms with Crippen molar-refractivity contribution in [2.75, 3.05) is 11.4 Å². The van der Waals surface area contributed by atoms with Gasteiger partial charge in [0, 0.05) is 30.6 Å². The van der Waals surface area contributed by atoms with Crippen molar-refractivity contribution in [1.29, 1.82) is 0 Å². The Hall–Kier alpha value is -2.96. The second-order valence-electron chi connectivity index (χ2n) is 5.26. The molecule has 0 spiro atoms. The molecule has 1 aliphatic rings. The number of carbonyl (C=O) groups is 2. The molecule has 3 rings (SSSR count). The number of primary amides is 1. The van der Waals surface area contributed by atoms with Gasteiger partial charge in [0.05, 0.1) is 6.54 Å². The van der Waals surface area contributed by atoms with E-state index < -0.39 is 12.0 Å². The van der Waals surface area contributed by atoms with E-state index in [1.165, 1.54) is 4.90 Å². The number of hydrogen-bond acceptors (Lipinski definition) is 5. The molecule has 1 unspecified atom stereocenters. The van der Waals surface area contributed by atoms with Crippen molar-refractivity contribution in [2.45, 2.75) is 18.9 Å². The van der Waals surface area contributed by atoms with Crippen LogP contribution in [0.25, 0.3) is 11.1 Å². The minimum atomic E-state index is -0.455. The summed E-state index contributed by atoms with van der Waals surface area (Å²) in [5.74, 6) is 0.119. The number of nitrogens with two attached hydrogens (primary N) is 1. The summed E-state index contributed by atoms with van der Waals surface area (Å²) in [6, 6.07) is 7.44. The van der Waals surface area contributed by atoms with E-state index >= 15 is 0 Å². The van der Waals surface area contributed by atoms with Crippen LogP contribution in [-0.4, -0.2) is 34.6 Å². The fraction of sp³-hybridized carbons (Fsp3) is 0.250. The summed E-state index contributed by atoms with van der Waals surface area (Å²) >= 11 is 0. The van der Waals surface area contributed by atoms with Gasteiger partial charge in [-0.3, -0.25) is 14.7 Å². The van der Waals surface area contributed by atoms with E-state index in [9.17, 15) is 9.59 Å². The Morgan fingerprint density at radius 2 is 2.04 bits per heavy atom. The molecule has 7 nitrogen and oxygen atoms in total. The van der Waals surface area contributed by atoms with Crippen LogP contribution >= 0.6 is 0 Å². The zero-order valence-corrected chi connectivity index (χ0v) is 12.4. The molecule has 1 saturated heterocycles. The molecule has 1 fully saturated rings. The first kappa shape index (κ1) is 15.0. The highest BCUT2D eigenvalue weighted by molar-refractivity contribution is 5.88. The Morgan fingerprint density at radius 3 is 2.70 bits per heavy atom. The molecule has 7 heteroatoms. The second kappa shape index (κ2) is 6.43. The molecular weight excluding hydrogens is 296 g/mol. The third-order valence-electron chi connectivity index (χ3n) is 3.62. The van der Waals surface area contributed by atoms with Gasteiger partial charge in [0.15, 0.2) is 0 Å². The number of cyclic esters (lactones) is 1. The van der Waals surface area contributed by atoms with E-state index in [4.69, 9.17) is 10.5 Å². The summed E-state index contributed by atoms with van der Waals surface area (Å²) in [6.07, 6.45) is 4.96. The van der Waals surface area contributed by atoms with Gasteiger partial charge in [-0.05, 0) is 36.2 Å². The minimum Gasteiger partial charge on any atom is -0.444 e. The first-order valence-corrected chi connectivity index (χ1v) is 7.26. The molecule has 0 saturated carbocycles. The number of hydrogen-bond donors (Lipinski definition) is 1. The minimum absolute atomic E-state index is 0.195. The molecule has 2 N–H and O–H groups in total. The Bertz CT molecular complexity index is 703. The number of amides is 2. The number of carbonyl (C=O) groups excluding carboxylic acids is 2. The van der Waals surface area contributed by atoms with Crippen LogP contribution in [0.15, 0.2) is 42.9 Å². The van der Waals surface area contributed by atoms with Crippen molar-refractivity contribution in [3.8, 4) is 11.1 Å².